The standard InChI is InChI=1S/C28H51N3O6.CHN/c1-22-16-23-18-27(5,21-28(17-22,19-23)36-15-14-35-13-12-34-11-8-29)31(25(33)37-26(2,3)4)20-24(32)30-9-6-7-10-30;1-2/h22-23H,6-21,29H2,1-5H3;1H/t22?,23?,27?,28-;/m1./s1. The van der Waals surface area contributed by atoms with Crippen molar-refractivity contribution in [2.75, 3.05) is 59.2 Å². The molecule has 3 rings (SSSR count). The summed E-state index contributed by atoms with van der Waals surface area (Å²) in [6.07, 6.45) is 6.21. The molecule has 3 aliphatic rings. The lowest BCUT2D eigenvalue weighted by Crippen LogP contribution is -2.63. The SMILES string of the molecule is C#N.CC1CC2CC(C)(N(CC(=O)N3CCCC3)C(=O)OC(C)(C)C)C[C@@](OCCOCCOCCN)(C1)C2. The third-order valence-corrected chi connectivity index (χ3v) is 7.84. The summed E-state index contributed by atoms with van der Waals surface area (Å²) in [6.45, 7) is 18.2. The number of nitrogens with zero attached hydrogens (tertiary/aromatic N) is 3. The molecule has 1 saturated heterocycles. The van der Waals surface area contributed by atoms with E-state index >= 15 is 0 Å². The van der Waals surface area contributed by atoms with Gasteiger partial charge in [-0.15, -0.1) is 0 Å². The van der Waals surface area contributed by atoms with Crippen LogP contribution in [-0.2, 0) is 23.7 Å². The molecule has 0 aromatic heterocycles. The van der Waals surface area contributed by atoms with Gasteiger partial charge in [-0.25, -0.2) is 10.1 Å². The molecule has 3 unspecified atom stereocenters. The first-order valence-corrected chi connectivity index (χ1v) is 14.5. The number of carbonyl (C=O) groups excluding carboxylic acids is 2. The molecule has 0 spiro atoms. The van der Waals surface area contributed by atoms with Gasteiger partial charge in [-0.3, -0.25) is 9.69 Å². The van der Waals surface area contributed by atoms with Gasteiger partial charge in [0.1, 0.15) is 12.1 Å². The fraction of sp³-hybridized carbons (Fsp3) is 0.897. The highest BCUT2D eigenvalue weighted by molar-refractivity contribution is 5.83. The first kappa shape index (κ1) is 33.3. The summed E-state index contributed by atoms with van der Waals surface area (Å²) in [5.74, 6) is 0.990. The van der Waals surface area contributed by atoms with E-state index in [1.807, 2.05) is 25.7 Å². The van der Waals surface area contributed by atoms with Crippen LogP contribution >= 0.6 is 0 Å². The Bertz CT molecular complexity index is 792. The summed E-state index contributed by atoms with van der Waals surface area (Å²) >= 11 is 0. The molecule has 224 valence electrons. The Morgan fingerprint density at radius 3 is 2.26 bits per heavy atom. The molecule has 3 fully saturated rings. The van der Waals surface area contributed by atoms with Crippen molar-refractivity contribution >= 4 is 12.0 Å². The number of hydrogen-bond donors (Lipinski definition) is 1. The van der Waals surface area contributed by atoms with Crippen molar-refractivity contribution in [3.63, 3.8) is 0 Å². The molecule has 1 aliphatic heterocycles. The van der Waals surface area contributed by atoms with E-state index in [0.29, 0.717) is 57.8 Å². The molecular weight excluding hydrogens is 500 g/mol. The molecule has 2 aliphatic carbocycles. The van der Waals surface area contributed by atoms with Crippen molar-refractivity contribution in [3.8, 4) is 6.57 Å². The molecule has 10 nitrogen and oxygen atoms in total. The fourth-order valence-electron chi connectivity index (χ4n) is 6.76. The maximum atomic E-state index is 13.6. The van der Waals surface area contributed by atoms with Gasteiger partial charge in [-0.1, -0.05) is 6.92 Å². The van der Waals surface area contributed by atoms with Gasteiger partial charge in [-0.2, -0.15) is 0 Å². The average molecular weight is 553 g/mol. The summed E-state index contributed by atoms with van der Waals surface area (Å²) in [5.41, 5.74) is 3.93. The predicted molar refractivity (Wildman–Crippen MR) is 149 cm³/mol. The van der Waals surface area contributed by atoms with Crippen molar-refractivity contribution in [1.29, 1.82) is 5.26 Å². The lowest BCUT2D eigenvalue weighted by Gasteiger charge is -2.56. The summed E-state index contributed by atoms with van der Waals surface area (Å²) in [7, 11) is 0. The zero-order valence-corrected chi connectivity index (χ0v) is 24.9. The highest BCUT2D eigenvalue weighted by Crippen LogP contribution is 2.52. The number of nitriles is 1. The minimum Gasteiger partial charge on any atom is -0.444 e. The first-order valence-electron chi connectivity index (χ1n) is 14.5. The second-order valence-corrected chi connectivity index (χ2v) is 12.7. The Kier molecular flexibility index (Phi) is 12.9. The van der Waals surface area contributed by atoms with E-state index in [0.717, 1.165) is 51.6 Å². The third kappa shape index (κ3) is 10.2. The van der Waals surface area contributed by atoms with E-state index in [1.54, 1.807) is 4.90 Å². The molecule has 0 aromatic rings. The maximum Gasteiger partial charge on any atom is 0.411 e. The van der Waals surface area contributed by atoms with E-state index in [1.165, 1.54) is 0 Å². The lowest BCUT2D eigenvalue weighted by molar-refractivity contribution is -0.165. The Hall–Kier alpha value is -1.93. The zero-order valence-electron chi connectivity index (χ0n) is 24.9. The molecule has 0 radical (unpaired) electrons. The summed E-state index contributed by atoms with van der Waals surface area (Å²) in [6, 6.07) is 0. The molecule has 10 heteroatoms. The van der Waals surface area contributed by atoms with Gasteiger partial charge in [0.25, 0.3) is 0 Å². The number of fused-ring (bicyclic) bond motifs is 2. The second kappa shape index (κ2) is 15.2. The number of hydrogen-bond acceptors (Lipinski definition) is 8. The van der Waals surface area contributed by atoms with Crippen LogP contribution in [0.1, 0.15) is 79.6 Å². The van der Waals surface area contributed by atoms with Gasteiger partial charge >= 0.3 is 6.09 Å². The quantitative estimate of drug-likeness (QED) is 0.363. The third-order valence-electron chi connectivity index (χ3n) is 7.84. The van der Waals surface area contributed by atoms with E-state index in [4.69, 9.17) is 29.9 Å². The van der Waals surface area contributed by atoms with E-state index in [-0.39, 0.29) is 18.1 Å². The smallest absolute Gasteiger partial charge is 0.411 e. The summed E-state index contributed by atoms with van der Waals surface area (Å²) < 4.78 is 23.5. The predicted octanol–water partition coefficient (Wildman–Crippen LogP) is 3.72. The molecule has 1 heterocycles. The van der Waals surface area contributed by atoms with Crippen molar-refractivity contribution in [2.24, 2.45) is 17.6 Å². The zero-order chi connectivity index (χ0) is 29.1. The first-order chi connectivity index (χ1) is 18.5. The van der Waals surface area contributed by atoms with E-state index < -0.39 is 17.2 Å². The Labute approximate surface area is 235 Å². The van der Waals surface area contributed by atoms with Gasteiger partial charge < -0.3 is 29.6 Å². The van der Waals surface area contributed by atoms with Gasteiger partial charge in [0.05, 0.1) is 38.6 Å². The van der Waals surface area contributed by atoms with Crippen LogP contribution in [-0.4, -0.2) is 97.8 Å². The molecule has 2 amide bonds. The molecule has 39 heavy (non-hydrogen) atoms. The molecular formula is C29H52N4O6. The number of likely N-dealkylation sites (tertiary alicyclic amines) is 1. The molecule has 2 N–H and O–H groups in total. The molecule has 2 saturated carbocycles. The largest absolute Gasteiger partial charge is 0.444 e. The number of amides is 2. The highest BCUT2D eigenvalue weighted by Gasteiger charge is 2.54. The number of nitrogens with two attached hydrogens (primary N) is 1. The van der Waals surface area contributed by atoms with Crippen molar-refractivity contribution in [3.05, 3.63) is 0 Å². The average Bonchev–Trinajstić information content (AvgIpc) is 3.38. The van der Waals surface area contributed by atoms with Crippen LogP contribution in [0.5, 0.6) is 0 Å². The number of carbonyl (C=O) groups is 2. The Morgan fingerprint density at radius 1 is 1.03 bits per heavy atom. The Morgan fingerprint density at radius 2 is 1.64 bits per heavy atom. The van der Waals surface area contributed by atoms with Crippen molar-refractivity contribution in [1.82, 2.24) is 9.80 Å². The summed E-state index contributed by atoms with van der Waals surface area (Å²) in [4.78, 5) is 30.4. The van der Waals surface area contributed by atoms with Crippen LogP contribution < -0.4 is 5.73 Å². The fourth-order valence-corrected chi connectivity index (χ4v) is 6.76. The van der Waals surface area contributed by atoms with Crippen LogP contribution in [0.25, 0.3) is 0 Å². The molecule has 2 bridgehead atoms. The van der Waals surface area contributed by atoms with Crippen LogP contribution in [0.15, 0.2) is 0 Å². The van der Waals surface area contributed by atoms with E-state index in [2.05, 4.69) is 20.4 Å². The molecule has 4 atom stereocenters. The van der Waals surface area contributed by atoms with Gasteiger partial charge in [0.2, 0.25) is 5.91 Å². The van der Waals surface area contributed by atoms with Gasteiger partial charge in [-0.05, 0) is 84.5 Å². The minimum atomic E-state index is -0.638. The van der Waals surface area contributed by atoms with E-state index in [9.17, 15) is 9.59 Å². The topological polar surface area (TPSA) is 127 Å². The van der Waals surface area contributed by atoms with Crippen molar-refractivity contribution < 1.29 is 28.5 Å². The summed E-state index contributed by atoms with van der Waals surface area (Å²) in [5, 5.41) is 6.50. The van der Waals surface area contributed by atoms with Crippen LogP contribution in [0.2, 0.25) is 0 Å². The van der Waals surface area contributed by atoms with Crippen LogP contribution in [0.4, 0.5) is 4.79 Å². The number of rotatable bonds is 12. The normalized spacial score (nSPS) is 28.4. The van der Waals surface area contributed by atoms with Crippen LogP contribution in [0.3, 0.4) is 0 Å². The molecule has 0 aromatic carbocycles. The van der Waals surface area contributed by atoms with Crippen LogP contribution in [0, 0.1) is 23.7 Å². The minimum absolute atomic E-state index is 0.00825. The lowest BCUT2D eigenvalue weighted by atomic mass is 9.59. The van der Waals surface area contributed by atoms with Gasteiger partial charge in [0, 0.05) is 31.7 Å². The van der Waals surface area contributed by atoms with Gasteiger partial charge in [0.15, 0.2) is 0 Å². The monoisotopic (exact) mass is 552 g/mol. The second-order valence-electron chi connectivity index (χ2n) is 12.7. The highest BCUT2D eigenvalue weighted by atomic mass is 16.6. The Balaban J connectivity index is 0.00000260. The van der Waals surface area contributed by atoms with Crippen molar-refractivity contribution in [2.45, 2.75) is 96.3 Å². The maximum absolute atomic E-state index is 13.6. The number of ether oxygens (including phenoxy) is 4.